The fourth-order valence-electron chi connectivity index (χ4n) is 2.62. The SMILES string of the molecule is CCOc1ccccc1NC(=O)CSc1nnc(COc2cccc(C)c2)n1C. The molecule has 0 spiro atoms. The quantitative estimate of drug-likeness (QED) is 0.538. The highest BCUT2D eigenvalue weighted by Gasteiger charge is 2.13. The summed E-state index contributed by atoms with van der Waals surface area (Å²) in [5, 5.41) is 11.9. The van der Waals surface area contributed by atoms with Gasteiger partial charge in [0, 0.05) is 7.05 Å². The van der Waals surface area contributed by atoms with Crippen LogP contribution in [-0.4, -0.2) is 33.0 Å². The van der Waals surface area contributed by atoms with Gasteiger partial charge in [-0.15, -0.1) is 10.2 Å². The number of anilines is 1. The summed E-state index contributed by atoms with van der Waals surface area (Å²) in [6.07, 6.45) is 0. The van der Waals surface area contributed by atoms with Crippen LogP contribution < -0.4 is 14.8 Å². The maximum atomic E-state index is 12.3. The number of aromatic nitrogens is 3. The van der Waals surface area contributed by atoms with Crippen molar-refractivity contribution < 1.29 is 14.3 Å². The van der Waals surface area contributed by atoms with Crippen LogP contribution in [0.15, 0.2) is 53.7 Å². The number of nitrogens with zero attached hydrogens (tertiary/aromatic N) is 3. The second-order valence-electron chi connectivity index (χ2n) is 6.33. The van der Waals surface area contributed by atoms with Gasteiger partial charge in [-0.3, -0.25) is 4.79 Å². The number of carbonyl (C=O) groups is 1. The second kappa shape index (κ2) is 9.97. The Kier molecular flexibility index (Phi) is 7.13. The van der Waals surface area contributed by atoms with Crippen LogP contribution in [0.3, 0.4) is 0 Å². The van der Waals surface area contributed by atoms with Crippen molar-refractivity contribution >= 4 is 23.4 Å². The number of para-hydroxylation sites is 2. The van der Waals surface area contributed by atoms with Crippen molar-refractivity contribution in [2.45, 2.75) is 25.6 Å². The number of hydrogen-bond donors (Lipinski definition) is 1. The van der Waals surface area contributed by atoms with E-state index in [2.05, 4.69) is 15.5 Å². The molecule has 3 aromatic rings. The van der Waals surface area contributed by atoms with Crippen LogP contribution >= 0.6 is 11.8 Å². The Morgan fingerprint density at radius 2 is 1.97 bits per heavy atom. The molecule has 1 N–H and O–H groups in total. The average molecular weight is 413 g/mol. The molecule has 0 aliphatic rings. The van der Waals surface area contributed by atoms with Crippen LogP contribution in [0.4, 0.5) is 5.69 Å². The molecule has 0 radical (unpaired) electrons. The number of amides is 1. The van der Waals surface area contributed by atoms with E-state index in [-0.39, 0.29) is 11.7 Å². The molecule has 29 heavy (non-hydrogen) atoms. The minimum atomic E-state index is -0.136. The Labute approximate surface area is 174 Å². The Morgan fingerprint density at radius 3 is 2.76 bits per heavy atom. The van der Waals surface area contributed by atoms with Gasteiger partial charge in [-0.2, -0.15) is 0 Å². The third-order valence-electron chi connectivity index (χ3n) is 4.08. The highest BCUT2D eigenvalue weighted by molar-refractivity contribution is 7.99. The topological polar surface area (TPSA) is 78.3 Å². The summed E-state index contributed by atoms with van der Waals surface area (Å²) in [7, 11) is 1.86. The van der Waals surface area contributed by atoms with Gasteiger partial charge in [0.15, 0.2) is 11.0 Å². The Bertz CT molecular complexity index is 974. The Hall–Kier alpha value is -3.00. The summed E-state index contributed by atoms with van der Waals surface area (Å²) in [6, 6.07) is 15.2. The van der Waals surface area contributed by atoms with E-state index in [4.69, 9.17) is 9.47 Å². The average Bonchev–Trinajstić information content (AvgIpc) is 3.06. The van der Waals surface area contributed by atoms with Crippen molar-refractivity contribution in [1.29, 1.82) is 0 Å². The van der Waals surface area contributed by atoms with Gasteiger partial charge in [0.25, 0.3) is 0 Å². The zero-order chi connectivity index (χ0) is 20.6. The summed E-state index contributed by atoms with van der Waals surface area (Å²) in [5.41, 5.74) is 1.79. The fraction of sp³-hybridized carbons (Fsp3) is 0.286. The van der Waals surface area contributed by atoms with Gasteiger partial charge in [0.2, 0.25) is 5.91 Å². The number of rotatable bonds is 9. The molecular weight excluding hydrogens is 388 g/mol. The lowest BCUT2D eigenvalue weighted by atomic mass is 10.2. The van der Waals surface area contributed by atoms with E-state index in [9.17, 15) is 4.79 Å². The van der Waals surface area contributed by atoms with Crippen LogP contribution in [0.5, 0.6) is 11.5 Å². The van der Waals surface area contributed by atoms with E-state index in [0.29, 0.717) is 35.6 Å². The predicted molar refractivity (Wildman–Crippen MR) is 113 cm³/mol. The van der Waals surface area contributed by atoms with Gasteiger partial charge in [-0.1, -0.05) is 36.0 Å². The van der Waals surface area contributed by atoms with Crippen molar-refractivity contribution in [2.75, 3.05) is 17.7 Å². The van der Waals surface area contributed by atoms with E-state index in [1.165, 1.54) is 11.8 Å². The van der Waals surface area contributed by atoms with E-state index in [0.717, 1.165) is 11.3 Å². The molecule has 152 valence electrons. The Balaban J connectivity index is 1.54. The lowest BCUT2D eigenvalue weighted by Gasteiger charge is -2.11. The normalized spacial score (nSPS) is 10.6. The molecule has 1 aromatic heterocycles. The predicted octanol–water partition coefficient (Wildman–Crippen LogP) is 3.83. The minimum Gasteiger partial charge on any atom is -0.492 e. The summed E-state index contributed by atoms with van der Waals surface area (Å²) >= 11 is 1.32. The van der Waals surface area contributed by atoms with E-state index in [1.54, 1.807) is 0 Å². The zero-order valence-electron chi connectivity index (χ0n) is 16.7. The molecule has 0 unspecified atom stereocenters. The van der Waals surface area contributed by atoms with Gasteiger partial charge in [0.1, 0.15) is 18.1 Å². The van der Waals surface area contributed by atoms with Crippen LogP contribution in [-0.2, 0) is 18.4 Å². The second-order valence-corrected chi connectivity index (χ2v) is 7.27. The van der Waals surface area contributed by atoms with Crippen LogP contribution in [0.2, 0.25) is 0 Å². The number of benzene rings is 2. The highest BCUT2D eigenvalue weighted by Crippen LogP contribution is 2.24. The first kappa shape index (κ1) is 20.7. The first-order valence-electron chi connectivity index (χ1n) is 9.29. The van der Waals surface area contributed by atoms with Gasteiger partial charge in [-0.25, -0.2) is 0 Å². The highest BCUT2D eigenvalue weighted by atomic mass is 32.2. The number of carbonyl (C=O) groups excluding carboxylic acids is 1. The maximum absolute atomic E-state index is 12.3. The smallest absolute Gasteiger partial charge is 0.234 e. The van der Waals surface area contributed by atoms with Gasteiger partial charge < -0.3 is 19.4 Å². The largest absolute Gasteiger partial charge is 0.492 e. The summed E-state index contributed by atoms with van der Waals surface area (Å²) < 4.78 is 13.1. The van der Waals surface area contributed by atoms with Gasteiger partial charge in [0.05, 0.1) is 18.0 Å². The van der Waals surface area contributed by atoms with E-state index >= 15 is 0 Å². The third-order valence-corrected chi connectivity index (χ3v) is 5.10. The first-order chi connectivity index (χ1) is 14.1. The van der Waals surface area contributed by atoms with E-state index < -0.39 is 0 Å². The molecule has 0 aliphatic carbocycles. The maximum Gasteiger partial charge on any atom is 0.234 e. The summed E-state index contributed by atoms with van der Waals surface area (Å²) in [4.78, 5) is 12.3. The molecule has 0 saturated heterocycles. The molecule has 2 aromatic carbocycles. The molecule has 0 atom stereocenters. The van der Waals surface area contributed by atoms with Crippen molar-refractivity contribution in [1.82, 2.24) is 14.8 Å². The molecular formula is C21H24N4O3S. The summed E-state index contributed by atoms with van der Waals surface area (Å²) in [5.74, 6) is 2.21. The molecule has 0 fully saturated rings. The fourth-order valence-corrected chi connectivity index (χ4v) is 3.35. The Morgan fingerprint density at radius 1 is 1.14 bits per heavy atom. The molecule has 1 amide bonds. The number of nitrogens with one attached hydrogen (secondary N) is 1. The number of hydrogen-bond acceptors (Lipinski definition) is 6. The van der Waals surface area contributed by atoms with Crippen LogP contribution in [0, 0.1) is 6.92 Å². The van der Waals surface area contributed by atoms with Crippen molar-refractivity contribution in [2.24, 2.45) is 7.05 Å². The van der Waals surface area contributed by atoms with Crippen LogP contribution in [0.1, 0.15) is 18.3 Å². The monoisotopic (exact) mass is 412 g/mol. The molecule has 0 aliphatic heterocycles. The number of thioether (sulfide) groups is 1. The molecule has 1 heterocycles. The molecule has 0 bridgehead atoms. The number of ether oxygens (including phenoxy) is 2. The lowest BCUT2D eigenvalue weighted by molar-refractivity contribution is -0.113. The minimum absolute atomic E-state index is 0.136. The van der Waals surface area contributed by atoms with Gasteiger partial charge >= 0.3 is 0 Å². The van der Waals surface area contributed by atoms with Crippen molar-refractivity contribution in [3.05, 3.63) is 59.9 Å². The summed E-state index contributed by atoms with van der Waals surface area (Å²) in [6.45, 7) is 4.76. The molecule has 8 heteroatoms. The molecule has 3 rings (SSSR count). The van der Waals surface area contributed by atoms with E-state index in [1.807, 2.05) is 74.0 Å². The van der Waals surface area contributed by atoms with Crippen LogP contribution in [0.25, 0.3) is 0 Å². The zero-order valence-corrected chi connectivity index (χ0v) is 17.5. The van der Waals surface area contributed by atoms with Crippen molar-refractivity contribution in [3.8, 4) is 11.5 Å². The van der Waals surface area contributed by atoms with Gasteiger partial charge in [-0.05, 0) is 43.7 Å². The number of aryl methyl sites for hydroxylation is 1. The molecule has 0 saturated carbocycles. The third kappa shape index (κ3) is 5.74. The first-order valence-corrected chi connectivity index (χ1v) is 10.3. The standard InChI is InChI=1S/C21H24N4O3S/c1-4-27-18-11-6-5-10-17(18)22-20(26)14-29-21-24-23-19(25(21)3)13-28-16-9-7-8-15(2)12-16/h5-12H,4,13-14H2,1-3H3,(H,22,26). The molecule has 7 nitrogen and oxygen atoms in total. The lowest BCUT2D eigenvalue weighted by Crippen LogP contribution is -2.15. The van der Waals surface area contributed by atoms with Crippen molar-refractivity contribution in [3.63, 3.8) is 0 Å².